The molecule has 0 spiro atoms. The molecule has 17 heavy (non-hydrogen) atoms. The van der Waals surface area contributed by atoms with E-state index in [2.05, 4.69) is 47.4 Å². The Morgan fingerprint density at radius 2 is 1.82 bits per heavy atom. The van der Waals surface area contributed by atoms with E-state index in [9.17, 15) is 5.11 Å². The minimum absolute atomic E-state index is 0.232. The molecule has 0 bridgehead atoms. The van der Waals surface area contributed by atoms with Gasteiger partial charge in [-0.1, -0.05) is 26.8 Å². The standard InChI is InChI=1S/C14H30O2Si/c1-8-9-13(15)11-10-12(2)16-17(6,7)14(3,4)5/h8,12-13,15H,1,9-11H2,2-7H3/t12-,13?/m1/s1. The Balaban J connectivity index is 4.10. The van der Waals surface area contributed by atoms with Crippen molar-refractivity contribution in [1.29, 1.82) is 0 Å². The van der Waals surface area contributed by atoms with Crippen molar-refractivity contribution in [3.8, 4) is 0 Å². The highest BCUT2D eigenvalue weighted by molar-refractivity contribution is 6.74. The van der Waals surface area contributed by atoms with Crippen LogP contribution in [-0.4, -0.2) is 25.6 Å². The lowest BCUT2D eigenvalue weighted by atomic mass is 10.1. The van der Waals surface area contributed by atoms with Crippen molar-refractivity contribution < 1.29 is 9.53 Å². The van der Waals surface area contributed by atoms with Crippen LogP contribution in [0.3, 0.4) is 0 Å². The lowest BCUT2D eigenvalue weighted by Crippen LogP contribution is -2.43. The summed E-state index contributed by atoms with van der Waals surface area (Å²) in [6.07, 6.45) is 4.12. The third-order valence-electron chi connectivity index (χ3n) is 3.65. The first-order valence-electron chi connectivity index (χ1n) is 6.57. The number of aliphatic hydroxyl groups excluding tert-OH is 1. The van der Waals surface area contributed by atoms with E-state index in [0.29, 0.717) is 6.42 Å². The second-order valence-corrected chi connectivity index (χ2v) is 11.2. The maximum Gasteiger partial charge on any atom is 0.192 e. The summed E-state index contributed by atoms with van der Waals surface area (Å²) < 4.78 is 6.23. The topological polar surface area (TPSA) is 29.5 Å². The van der Waals surface area contributed by atoms with E-state index < -0.39 is 8.32 Å². The average Bonchev–Trinajstić information content (AvgIpc) is 2.12. The van der Waals surface area contributed by atoms with Gasteiger partial charge in [-0.05, 0) is 44.3 Å². The first-order chi connectivity index (χ1) is 7.60. The maximum absolute atomic E-state index is 9.64. The van der Waals surface area contributed by atoms with E-state index >= 15 is 0 Å². The molecule has 2 atom stereocenters. The van der Waals surface area contributed by atoms with Gasteiger partial charge in [-0.2, -0.15) is 0 Å². The highest BCUT2D eigenvalue weighted by atomic mass is 28.4. The Labute approximate surface area is 108 Å². The van der Waals surface area contributed by atoms with E-state index in [0.717, 1.165) is 12.8 Å². The fraction of sp³-hybridized carbons (Fsp3) is 0.857. The van der Waals surface area contributed by atoms with Crippen molar-refractivity contribution in [1.82, 2.24) is 0 Å². The van der Waals surface area contributed by atoms with Crippen LogP contribution in [0, 0.1) is 0 Å². The smallest absolute Gasteiger partial charge is 0.192 e. The van der Waals surface area contributed by atoms with Gasteiger partial charge in [0.2, 0.25) is 0 Å². The number of aliphatic hydroxyl groups is 1. The molecule has 0 amide bonds. The summed E-state index contributed by atoms with van der Waals surface area (Å²) in [6, 6.07) is 0. The van der Waals surface area contributed by atoms with E-state index in [1.165, 1.54) is 0 Å². The lowest BCUT2D eigenvalue weighted by molar-refractivity contribution is 0.128. The summed E-state index contributed by atoms with van der Waals surface area (Å²) in [5.74, 6) is 0. The molecule has 3 heteroatoms. The van der Waals surface area contributed by atoms with Gasteiger partial charge in [-0.3, -0.25) is 0 Å². The first kappa shape index (κ1) is 16.9. The fourth-order valence-electron chi connectivity index (χ4n) is 1.48. The van der Waals surface area contributed by atoms with E-state index in [4.69, 9.17) is 4.43 Å². The van der Waals surface area contributed by atoms with Crippen molar-refractivity contribution in [3.05, 3.63) is 12.7 Å². The summed E-state index contributed by atoms with van der Waals surface area (Å²) in [5, 5.41) is 9.89. The monoisotopic (exact) mass is 258 g/mol. The molecule has 1 N–H and O–H groups in total. The summed E-state index contributed by atoms with van der Waals surface area (Å²) in [7, 11) is -1.66. The van der Waals surface area contributed by atoms with Crippen LogP contribution < -0.4 is 0 Å². The average molecular weight is 258 g/mol. The van der Waals surface area contributed by atoms with Crippen LogP contribution in [0.1, 0.15) is 47.0 Å². The summed E-state index contributed by atoms with van der Waals surface area (Å²) in [4.78, 5) is 0. The zero-order valence-electron chi connectivity index (χ0n) is 12.4. The molecule has 0 radical (unpaired) electrons. The summed E-state index contributed by atoms with van der Waals surface area (Å²) >= 11 is 0. The Kier molecular flexibility index (Phi) is 6.67. The molecule has 0 aliphatic heterocycles. The molecule has 0 fully saturated rings. The van der Waals surface area contributed by atoms with Crippen LogP contribution in [0.4, 0.5) is 0 Å². The van der Waals surface area contributed by atoms with Gasteiger partial charge in [0.05, 0.1) is 6.10 Å². The van der Waals surface area contributed by atoms with E-state index in [1.807, 2.05) is 0 Å². The zero-order chi connectivity index (χ0) is 13.7. The van der Waals surface area contributed by atoms with Gasteiger partial charge in [-0.15, -0.1) is 6.58 Å². The molecule has 0 heterocycles. The molecule has 0 aromatic rings. The highest BCUT2D eigenvalue weighted by Crippen LogP contribution is 2.37. The predicted octanol–water partition coefficient (Wildman–Crippen LogP) is 4.11. The summed E-state index contributed by atoms with van der Waals surface area (Å²) in [5.41, 5.74) is 0. The molecule has 0 aliphatic carbocycles. The van der Waals surface area contributed by atoms with Crippen LogP contribution >= 0.6 is 0 Å². The molecule has 0 aliphatic rings. The van der Waals surface area contributed by atoms with Gasteiger partial charge >= 0.3 is 0 Å². The van der Waals surface area contributed by atoms with Gasteiger partial charge in [0.25, 0.3) is 0 Å². The molecule has 0 rings (SSSR count). The van der Waals surface area contributed by atoms with Crippen molar-refractivity contribution in [2.45, 2.75) is 77.3 Å². The second kappa shape index (κ2) is 6.71. The molecular formula is C14H30O2Si. The molecule has 0 saturated heterocycles. The van der Waals surface area contributed by atoms with Gasteiger partial charge in [0.15, 0.2) is 8.32 Å². The molecule has 0 aromatic heterocycles. The second-order valence-electron chi connectivity index (χ2n) is 6.44. The molecule has 2 nitrogen and oxygen atoms in total. The molecule has 1 unspecified atom stereocenters. The Hall–Kier alpha value is -0.123. The Morgan fingerprint density at radius 1 is 1.29 bits per heavy atom. The highest BCUT2D eigenvalue weighted by Gasteiger charge is 2.38. The van der Waals surface area contributed by atoms with Gasteiger partial charge in [-0.25, -0.2) is 0 Å². The van der Waals surface area contributed by atoms with Crippen molar-refractivity contribution >= 4 is 8.32 Å². The van der Waals surface area contributed by atoms with Gasteiger partial charge in [0.1, 0.15) is 0 Å². The quantitative estimate of drug-likeness (QED) is 0.550. The minimum atomic E-state index is -1.66. The van der Waals surface area contributed by atoms with Crippen molar-refractivity contribution in [2.24, 2.45) is 0 Å². The molecule has 0 saturated carbocycles. The van der Waals surface area contributed by atoms with Crippen molar-refractivity contribution in [3.63, 3.8) is 0 Å². The van der Waals surface area contributed by atoms with Gasteiger partial charge < -0.3 is 9.53 Å². The van der Waals surface area contributed by atoms with Gasteiger partial charge in [0, 0.05) is 6.10 Å². The fourth-order valence-corrected chi connectivity index (χ4v) is 2.95. The van der Waals surface area contributed by atoms with E-state index in [-0.39, 0.29) is 17.2 Å². The van der Waals surface area contributed by atoms with Crippen LogP contribution in [0.15, 0.2) is 12.7 Å². The largest absolute Gasteiger partial charge is 0.414 e. The summed E-state index contributed by atoms with van der Waals surface area (Å²) in [6.45, 7) is 17.0. The van der Waals surface area contributed by atoms with Crippen LogP contribution in [-0.2, 0) is 4.43 Å². The van der Waals surface area contributed by atoms with Crippen LogP contribution in [0.2, 0.25) is 18.1 Å². The van der Waals surface area contributed by atoms with Crippen molar-refractivity contribution in [2.75, 3.05) is 0 Å². The minimum Gasteiger partial charge on any atom is -0.414 e. The van der Waals surface area contributed by atoms with E-state index in [1.54, 1.807) is 6.08 Å². The first-order valence-corrected chi connectivity index (χ1v) is 9.47. The zero-order valence-corrected chi connectivity index (χ0v) is 13.4. The molecule has 102 valence electrons. The maximum atomic E-state index is 9.64. The van der Waals surface area contributed by atoms with Crippen LogP contribution in [0.25, 0.3) is 0 Å². The third-order valence-corrected chi connectivity index (χ3v) is 8.25. The number of hydrogen-bond donors (Lipinski definition) is 1. The Bertz CT molecular complexity index is 231. The normalized spacial score (nSPS) is 16.6. The Morgan fingerprint density at radius 3 is 2.24 bits per heavy atom. The number of rotatable bonds is 7. The predicted molar refractivity (Wildman–Crippen MR) is 77.8 cm³/mol. The molecular weight excluding hydrogens is 228 g/mol. The SMILES string of the molecule is C=CCC(O)CC[C@@H](C)O[Si](C)(C)C(C)(C)C. The third kappa shape index (κ3) is 6.39. The lowest BCUT2D eigenvalue weighted by Gasteiger charge is -2.38. The van der Waals surface area contributed by atoms with Crippen LogP contribution in [0.5, 0.6) is 0 Å². The molecule has 0 aromatic carbocycles. The number of hydrogen-bond acceptors (Lipinski definition) is 2.